The Bertz CT molecular complexity index is 348. The lowest BCUT2D eigenvalue weighted by atomic mass is 10.3. The Kier molecular flexibility index (Phi) is 9.83. The minimum atomic E-state index is 0.617. The van der Waals surface area contributed by atoms with Crippen LogP contribution in [0.15, 0.2) is 18.2 Å². The van der Waals surface area contributed by atoms with E-state index < -0.39 is 0 Å². The Hall–Kier alpha value is -1.17. The third-order valence-corrected chi connectivity index (χ3v) is 2.63. The summed E-state index contributed by atoms with van der Waals surface area (Å²) in [4.78, 5) is 4.45. The van der Waals surface area contributed by atoms with Crippen molar-refractivity contribution in [2.45, 2.75) is 26.3 Å². The molecule has 0 radical (unpaired) electrons. The van der Waals surface area contributed by atoms with Crippen LogP contribution in [0, 0.1) is 0 Å². The van der Waals surface area contributed by atoms with Crippen molar-refractivity contribution in [1.82, 2.24) is 10.3 Å². The van der Waals surface area contributed by atoms with E-state index in [2.05, 4.69) is 17.2 Å². The van der Waals surface area contributed by atoms with E-state index in [9.17, 15) is 0 Å². The Morgan fingerprint density at radius 1 is 1.15 bits per heavy atom. The van der Waals surface area contributed by atoms with Crippen molar-refractivity contribution in [2.24, 2.45) is 0 Å². The zero-order valence-corrected chi connectivity index (χ0v) is 12.6. The number of pyridine rings is 1. The fraction of sp³-hybridized carbons (Fsp3) is 0.667. The van der Waals surface area contributed by atoms with Gasteiger partial charge in [-0.05, 0) is 19.0 Å². The maximum atomic E-state index is 5.61. The van der Waals surface area contributed by atoms with E-state index in [4.69, 9.17) is 14.2 Å². The van der Waals surface area contributed by atoms with Gasteiger partial charge in [-0.3, -0.25) is 0 Å². The molecule has 1 N–H and O–H groups in total. The van der Waals surface area contributed by atoms with Gasteiger partial charge in [-0.15, -0.1) is 0 Å². The zero-order chi connectivity index (χ0) is 14.5. The highest BCUT2D eigenvalue weighted by atomic mass is 16.5. The molecule has 1 heterocycles. The first-order valence-electron chi connectivity index (χ1n) is 7.23. The van der Waals surface area contributed by atoms with Gasteiger partial charge in [0.05, 0.1) is 25.5 Å². The van der Waals surface area contributed by atoms with Crippen LogP contribution in [0.1, 0.15) is 25.5 Å². The molecule has 1 aromatic heterocycles. The summed E-state index contributed by atoms with van der Waals surface area (Å²) in [5, 5.41) is 3.32. The molecule has 5 heteroatoms. The fourth-order valence-corrected chi connectivity index (χ4v) is 1.61. The van der Waals surface area contributed by atoms with Crippen LogP contribution in [0.2, 0.25) is 0 Å². The van der Waals surface area contributed by atoms with Crippen molar-refractivity contribution < 1.29 is 14.2 Å². The van der Waals surface area contributed by atoms with Gasteiger partial charge >= 0.3 is 0 Å². The third-order valence-electron chi connectivity index (χ3n) is 2.63. The number of aromatic nitrogens is 1. The highest BCUT2D eigenvalue weighted by Gasteiger charge is 1.99. The Balaban J connectivity index is 2.14. The van der Waals surface area contributed by atoms with Crippen LogP contribution in [0.4, 0.5) is 0 Å². The molecule has 0 saturated heterocycles. The minimum absolute atomic E-state index is 0.617. The average molecular weight is 282 g/mol. The smallest absolute Gasteiger partial charge is 0.213 e. The van der Waals surface area contributed by atoms with Crippen molar-refractivity contribution >= 4 is 0 Å². The Morgan fingerprint density at radius 3 is 2.85 bits per heavy atom. The van der Waals surface area contributed by atoms with E-state index in [0.29, 0.717) is 32.3 Å². The summed E-state index contributed by atoms with van der Waals surface area (Å²) in [6, 6.07) is 5.86. The highest BCUT2D eigenvalue weighted by Crippen LogP contribution is 2.07. The van der Waals surface area contributed by atoms with Crippen LogP contribution in [0.5, 0.6) is 5.88 Å². The van der Waals surface area contributed by atoms with Crippen LogP contribution in [-0.4, -0.2) is 45.1 Å². The molecule has 5 nitrogen and oxygen atoms in total. The molecule has 0 aliphatic rings. The molecule has 0 atom stereocenters. The molecule has 0 amide bonds. The van der Waals surface area contributed by atoms with Crippen molar-refractivity contribution in [3.8, 4) is 5.88 Å². The molecule has 0 aliphatic heterocycles. The Labute approximate surface area is 121 Å². The second kappa shape index (κ2) is 11.6. The van der Waals surface area contributed by atoms with Gasteiger partial charge in [0.25, 0.3) is 0 Å². The molecule has 0 fully saturated rings. The van der Waals surface area contributed by atoms with Crippen LogP contribution in [0.25, 0.3) is 0 Å². The normalized spacial score (nSPS) is 10.7. The molecule has 0 spiro atoms. The van der Waals surface area contributed by atoms with E-state index in [0.717, 1.165) is 31.6 Å². The summed E-state index contributed by atoms with van der Waals surface area (Å²) in [5.41, 5.74) is 1.01. The molecule has 1 rings (SSSR count). The molecule has 114 valence electrons. The number of hydrogen-bond acceptors (Lipinski definition) is 5. The zero-order valence-electron chi connectivity index (χ0n) is 12.6. The molecule has 0 bridgehead atoms. The number of hydrogen-bond donors (Lipinski definition) is 1. The molecule has 0 saturated carbocycles. The molecule has 0 aromatic carbocycles. The quantitative estimate of drug-likeness (QED) is 0.594. The average Bonchev–Trinajstić information content (AvgIpc) is 2.47. The Morgan fingerprint density at radius 2 is 2.05 bits per heavy atom. The van der Waals surface area contributed by atoms with Crippen molar-refractivity contribution in [3.63, 3.8) is 0 Å². The SMILES string of the molecule is CCCNCc1cccc(OCCCOCCOC)n1. The van der Waals surface area contributed by atoms with Crippen LogP contribution in [-0.2, 0) is 16.0 Å². The predicted octanol–water partition coefficient (Wildman–Crippen LogP) is 2.01. The number of nitrogens with one attached hydrogen (secondary N) is 1. The fourth-order valence-electron chi connectivity index (χ4n) is 1.61. The van der Waals surface area contributed by atoms with Gasteiger partial charge in [-0.1, -0.05) is 13.0 Å². The molecular formula is C15H26N2O3. The number of rotatable bonds is 12. The minimum Gasteiger partial charge on any atom is -0.478 e. The largest absolute Gasteiger partial charge is 0.478 e. The number of nitrogens with zero attached hydrogens (tertiary/aromatic N) is 1. The molecule has 20 heavy (non-hydrogen) atoms. The standard InChI is InChI=1S/C15H26N2O3/c1-3-8-16-13-14-6-4-7-15(17-14)20-10-5-9-19-12-11-18-2/h4,6-7,16H,3,5,8-13H2,1-2H3. The molecule has 0 unspecified atom stereocenters. The van der Waals surface area contributed by atoms with Gasteiger partial charge in [0, 0.05) is 32.7 Å². The van der Waals surface area contributed by atoms with Crippen molar-refractivity contribution in [3.05, 3.63) is 23.9 Å². The molecular weight excluding hydrogens is 256 g/mol. The van der Waals surface area contributed by atoms with E-state index in [1.807, 2.05) is 18.2 Å². The summed E-state index contributed by atoms with van der Waals surface area (Å²) < 4.78 is 15.9. The van der Waals surface area contributed by atoms with Gasteiger partial charge < -0.3 is 19.5 Å². The maximum absolute atomic E-state index is 5.61. The first kappa shape index (κ1) is 16.9. The number of ether oxygens (including phenoxy) is 3. The summed E-state index contributed by atoms with van der Waals surface area (Å²) in [7, 11) is 1.67. The summed E-state index contributed by atoms with van der Waals surface area (Å²) in [6.07, 6.45) is 1.98. The van der Waals surface area contributed by atoms with E-state index >= 15 is 0 Å². The summed E-state index contributed by atoms with van der Waals surface area (Å²) in [6.45, 7) is 6.50. The van der Waals surface area contributed by atoms with E-state index in [-0.39, 0.29) is 0 Å². The van der Waals surface area contributed by atoms with Gasteiger partial charge in [0.15, 0.2) is 0 Å². The van der Waals surface area contributed by atoms with Crippen molar-refractivity contribution in [1.29, 1.82) is 0 Å². The lowest BCUT2D eigenvalue weighted by molar-refractivity contribution is 0.0642. The lowest BCUT2D eigenvalue weighted by Gasteiger charge is -2.08. The van der Waals surface area contributed by atoms with Crippen molar-refractivity contribution in [2.75, 3.05) is 40.1 Å². The first-order valence-corrected chi connectivity index (χ1v) is 7.23. The summed E-state index contributed by atoms with van der Waals surface area (Å²) >= 11 is 0. The summed E-state index contributed by atoms with van der Waals surface area (Å²) in [5.74, 6) is 0.678. The molecule has 0 aliphatic carbocycles. The van der Waals surface area contributed by atoms with Gasteiger partial charge in [0.1, 0.15) is 0 Å². The van der Waals surface area contributed by atoms with Crippen LogP contribution in [0.3, 0.4) is 0 Å². The maximum Gasteiger partial charge on any atom is 0.213 e. The van der Waals surface area contributed by atoms with E-state index in [1.54, 1.807) is 7.11 Å². The topological polar surface area (TPSA) is 52.6 Å². The second-order valence-corrected chi connectivity index (χ2v) is 4.45. The van der Waals surface area contributed by atoms with E-state index in [1.165, 1.54) is 0 Å². The third kappa shape index (κ3) is 8.09. The van der Waals surface area contributed by atoms with Crippen LogP contribution < -0.4 is 10.1 Å². The first-order chi connectivity index (χ1) is 9.86. The lowest BCUT2D eigenvalue weighted by Crippen LogP contribution is -2.15. The highest BCUT2D eigenvalue weighted by molar-refractivity contribution is 5.15. The predicted molar refractivity (Wildman–Crippen MR) is 79.0 cm³/mol. The monoisotopic (exact) mass is 282 g/mol. The molecule has 1 aromatic rings. The van der Waals surface area contributed by atoms with Gasteiger partial charge in [0.2, 0.25) is 5.88 Å². The van der Waals surface area contributed by atoms with Gasteiger partial charge in [-0.2, -0.15) is 0 Å². The van der Waals surface area contributed by atoms with Crippen LogP contribution >= 0.6 is 0 Å². The number of methoxy groups -OCH3 is 1. The van der Waals surface area contributed by atoms with Gasteiger partial charge in [-0.25, -0.2) is 4.98 Å². The second-order valence-electron chi connectivity index (χ2n) is 4.45.